The summed E-state index contributed by atoms with van der Waals surface area (Å²) in [5, 5.41) is 9.73. The number of nitrogens with zero attached hydrogens (tertiary/aromatic N) is 5. The molecular weight excluding hydrogens is 298 g/mol. The van der Waals surface area contributed by atoms with E-state index in [2.05, 4.69) is 24.7 Å². The maximum Gasteiger partial charge on any atom is 0.115 e. The summed E-state index contributed by atoms with van der Waals surface area (Å²) in [6.07, 6.45) is 4.09. The van der Waals surface area contributed by atoms with Gasteiger partial charge in [0.25, 0.3) is 0 Å². The summed E-state index contributed by atoms with van der Waals surface area (Å²) in [5.74, 6) is 0.921. The molecule has 0 unspecified atom stereocenters. The molecule has 1 aromatic carbocycles. The SMILES string of the molecule is Cn1c(Cc2cccnn2)nc2cnc3ccc(Cl)cc3c21. The molecule has 0 radical (unpaired) electrons. The molecule has 0 N–H and O–H groups in total. The first kappa shape index (κ1) is 13.2. The molecule has 0 fully saturated rings. The van der Waals surface area contributed by atoms with Crippen molar-refractivity contribution in [2.24, 2.45) is 7.05 Å². The molecule has 22 heavy (non-hydrogen) atoms. The van der Waals surface area contributed by atoms with Crippen LogP contribution in [0.1, 0.15) is 11.5 Å². The van der Waals surface area contributed by atoms with Crippen LogP contribution in [0.4, 0.5) is 0 Å². The molecule has 0 aliphatic rings. The van der Waals surface area contributed by atoms with Crippen molar-refractivity contribution in [3.63, 3.8) is 0 Å². The molecule has 3 heterocycles. The molecule has 0 saturated carbocycles. The van der Waals surface area contributed by atoms with E-state index in [1.54, 1.807) is 12.4 Å². The van der Waals surface area contributed by atoms with Crippen LogP contribution in [0, 0.1) is 0 Å². The second kappa shape index (κ2) is 5.03. The van der Waals surface area contributed by atoms with Crippen LogP contribution in [0.25, 0.3) is 21.9 Å². The highest BCUT2D eigenvalue weighted by Gasteiger charge is 2.13. The molecule has 0 bridgehead atoms. The molecule has 0 amide bonds. The standard InChI is InChI=1S/C16H12ClN5/c1-22-15(8-11-3-2-6-19-21-11)20-14-9-18-13-5-4-10(17)7-12(13)16(14)22/h2-7,9H,8H2,1H3. The Labute approximate surface area is 131 Å². The first-order valence-corrected chi connectivity index (χ1v) is 7.26. The van der Waals surface area contributed by atoms with Crippen molar-refractivity contribution in [3.8, 4) is 0 Å². The van der Waals surface area contributed by atoms with Crippen molar-refractivity contribution in [1.82, 2.24) is 24.7 Å². The summed E-state index contributed by atoms with van der Waals surface area (Å²) in [5.41, 5.74) is 3.68. The molecule has 4 aromatic rings. The van der Waals surface area contributed by atoms with Crippen molar-refractivity contribution in [2.45, 2.75) is 6.42 Å². The first-order chi connectivity index (χ1) is 10.7. The number of halogens is 1. The number of aromatic nitrogens is 5. The third-order valence-electron chi connectivity index (χ3n) is 3.72. The van der Waals surface area contributed by atoms with E-state index >= 15 is 0 Å². The lowest BCUT2D eigenvalue weighted by Gasteiger charge is -2.04. The van der Waals surface area contributed by atoms with Gasteiger partial charge >= 0.3 is 0 Å². The minimum absolute atomic E-state index is 0.626. The van der Waals surface area contributed by atoms with Crippen LogP contribution in [-0.4, -0.2) is 24.7 Å². The van der Waals surface area contributed by atoms with Gasteiger partial charge in [-0.15, -0.1) is 0 Å². The maximum atomic E-state index is 6.13. The molecule has 108 valence electrons. The average molecular weight is 310 g/mol. The predicted molar refractivity (Wildman–Crippen MR) is 85.9 cm³/mol. The molecule has 0 aliphatic heterocycles. The number of pyridine rings is 1. The quantitative estimate of drug-likeness (QED) is 0.571. The predicted octanol–water partition coefficient (Wildman–Crippen LogP) is 3.16. The Hall–Kier alpha value is -2.53. The van der Waals surface area contributed by atoms with E-state index < -0.39 is 0 Å². The zero-order valence-electron chi connectivity index (χ0n) is 11.9. The number of hydrogen-bond donors (Lipinski definition) is 0. The Morgan fingerprint density at radius 3 is 2.91 bits per heavy atom. The first-order valence-electron chi connectivity index (χ1n) is 6.88. The van der Waals surface area contributed by atoms with Gasteiger partial charge in [-0.05, 0) is 30.3 Å². The summed E-state index contributed by atoms with van der Waals surface area (Å²) in [7, 11) is 2.00. The van der Waals surface area contributed by atoms with Gasteiger partial charge in [0.2, 0.25) is 0 Å². The second-order valence-corrected chi connectivity index (χ2v) is 5.57. The Balaban J connectivity index is 1.93. The molecule has 0 aliphatic carbocycles. The Kier molecular flexibility index (Phi) is 3.01. The number of hydrogen-bond acceptors (Lipinski definition) is 4. The molecular formula is C16H12ClN5. The fraction of sp³-hybridized carbons (Fsp3) is 0.125. The summed E-state index contributed by atoms with van der Waals surface area (Å²) < 4.78 is 2.07. The van der Waals surface area contributed by atoms with Gasteiger partial charge in [0, 0.05) is 23.7 Å². The van der Waals surface area contributed by atoms with Crippen LogP contribution in [0.5, 0.6) is 0 Å². The molecule has 0 spiro atoms. The molecule has 5 nitrogen and oxygen atoms in total. The van der Waals surface area contributed by atoms with Gasteiger partial charge in [-0.2, -0.15) is 10.2 Å². The number of imidazole rings is 1. The van der Waals surface area contributed by atoms with E-state index in [4.69, 9.17) is 11.6 Å². The monoisotopic (exact) mass is 309 g/mol. The van der Waals surface area contributed by atoms with E-state index in [9.17, 15) is 0 Å². The second-order valence-electron chi connectivity index (χ2n) is 5.13. The summed E-state index contributed by atoms with van der Waals surface area (Å²) in [6, 6.07) is 9.52. The number of rotatable bonds is 2. The van der Waals surface area contributed by atoms with Crippen molar-refractivity contribution in [2.75, 3.05) is 0 Å². The van der Waals surface area contributed by atoms with E-state index in [1.165, 1.54) is 0 Å². The normalized spacial score (nSPS) is 11.4. The number of fused-ring (bicyclic) bond motifs is 3. The summed E-state index contributed by atoms with van der Waals surface area (Å²) in [4.78, 5) is 9.13. The van der Waals surface area contributed by atoms with Crippen LogP contribution in [0.2, 0.25) is 5.02 Å². The van der Waals surface area contributed by atoms with Crippen molar-refractivity contribution in [3.05, 3.63) is 59.3 Å². The van der Waals surface area contributed by atoms with Crippen LogP contribution in [-0.2, 0) is 13.5 Å². The van der Waals surface area contributed by atoms with Crippen LogP contribution in [0.15, 0.2) is 42.7 Å². The van der Waals surface area contributed by atoms with Crippen LogP contribution < -0.4 is 0 Å². The van der Waals surface area contributed by atoms with E-state index in [0.29, 0.717) is 11.4 Å². The van der Waals surface area contributed by atoms with Gasteiger partial charge < -0.3 is 4.57 Å². The average Bonchev–Trinajstić information content (AvgIpc) is 2.85. The number of aryl methyl sites for hydroxylation is 1. The van der Waals surface area contributed by atoms with E-state index in [-0.39, 0.29) is 0 Å². The lowest BCUT2D eigenvalue weighted by Crippen LogP contribution is -2.01. The molecule has 4 rings (SSSR count). The van der Waals surface area contributed by atoms with Crippen LogP contribution >= 0.6 is 11.6 Å². The Morgan fingerprint density at radius 2 is 2.09 bits per heavy atom. The minimum atomic E-state index is 0.626. The smallest absolute Gasteiger partial charge is 0.115 e. The van der Waals surface area contributed by atoms with E-state index in [1.807, 2.05) is 37.4 Å². The maximum absolute atomic E-state index is 6.13. The Bertz CT molecular complexity index is 978. The van der Waals surface area contributed by atoms with Gasteiger partial charge in [-0.3, -0.25) is 4.98 Å². The molecule has 0 saturated heterocycles. The highest BCUT2D eigenvalue weighted by atomic mass is 35.5. The zero-order chi connectivity index (χ0) is 15.1. The summed E-state index contributed by atoms with van der Waals surface area (Å²) in [6.45, 7) is 0. The molecule has 6 heteroatoms. The summed E-state index contributed by atoms with van der Waals surface area (Å²) >= 11 is 6.13. The fourth-order valence-electron chi connectivity index (χ4n) is 2.67. The molecule has 3 aromatic heterocycles. The number of benzene rings is 1. The largest absolute Gasteiger partial charge is 0.330 e. The van der Waals surface area contributed by atoms with Crippen molar-refractivity contribution in [1.29, 1.82) is 0 Å². The van der Waals surface area contributed by atoms with Crippen LogP contribution in [0.3, 0.4) is 0 Å². The third kappa shape index (κ3) is 2.10. The van der Waals surface area contributed by atoms with E-state index in [0.717, 1.165) is 33.5 Å². The molecule has 0 atom stereocenters. The lowest BCUT2D eigenvalue weighted by molar-refractivity contribution is 0.817. The van der Waals surface area contributed by atoms with Gasteiger partial charge in [0.05, 0.1) is 29.3 Å². The van der Waals surface area contributed by atoms with Crippen molar-refractivity contribution < 1.29 is 0 Å². The highest BCUT2D eigenvalue weighted by molar-refractivity contribution is 6.31. The fourth-order valence-corrected chi connectivity index (χ4v) is 2.84. The Morgan fingerprint density at radius 1 is 1.18 bits per heavy atom. The zero-order valence-corrected chi connectivity index (χ0v) is 12.6. The highest BCUT2D eigenvalue weighted by Crippen LogP contribution is 2.26. The van der Waals surface area contributed by atoms with Gasteiger partial charge in [-0.25, -0.2) is 4.98 Å². The van der Waals surface area contributed by atoms with Gasteiger partial charge in [-0.1, -0.05) is 11.6 Å². The minimum Gasteiger partial charge on any atom is -0.330 e. The third-order valence-corrected chi connectivity index (χ3v) is 3.96. The van der Waals surface area contributed by atoms with Gasteiger partial charge in [0.1, 0.15) is 11.3 Å². The topological polar surface area (TPSA) is 56.5 Å². The van der Waals surface area contributed by atoms with Crippen molar-refractivity contribution >= 4 is 33.5 Å². The lowest BCUT2D eigenvalue weighted by atomic mass is 10.2. The van der Waals surface area contributed by atoms with Gasteiger partial charge in [0.15, 0.2) is 0 Å².